The number of thioether (sulfide) groups is 1. The second-order valence-corrected chi connectivity index (χ2v) is 10.3. The summed E-state index contributed by atoms with van der Waals surface area (Å²) in [5.41, 5.74) is -0.458. The summed E-state index contributed by atoms with van der Waals surface area (Å²) in [6.07, 6.45) is 5.87. The SMILES string of the molecule is C=CCCC(=O)OC[C@H]1O[C@@H](Sc2ccccc2)[C@H](OCCCC)[C@@H](OCCCC)[C@@H]1OC(=O)CCC=C. The Balaban J connectivity index is 2.37. The predicted octanol–water partition coefficient (Wildman–Crippen LogP) is 6.26. The van der Waals surface area contributed by atoms with Gasteiger partial charge in [0.25, 0.3) is 0 Å². The van der Waals surface area contributed by atoms with Gasteiger partial charge in [-0.2, -0.15) is 0 Å². The standard InChI is InChI=1S/C30H44O7S/c1-5-9-18-25(31)35-22-24-27(37-26(32)19-10-6-2)28(33-20-11-7-3)29(34-21-12-8-4)30(36-24)38-23-16-14-13-15-17-23/h5-6,13-17,24,27-30H,1-2,7-12,18-22H2,3-4H3/t24-,27-,28+,29-,30+/m1/s1. The van der Waals surface area contributed by atoms with Crippen LogP contribution in [0.3, 0.4) is 0 Å². The monoisotopic (exact) mass is 548 g/mol. The van der Waals surface area contributed by atoms with Crippen LogP contribution in [0.2, 0.25) is 0 Å². The van der Waals surface area contributed by atoms with Crippen LogP contribution in [0, 0.1) is 0 Å². The summed E-state index contributed by atoms with van der Waals surface area (Å²) >= 11 is 1.53. The lowest BCUT2D eigenvalue weighted by molar-refractivity contribution is -0.243. The molecule has 0 amide bonds. The number of carbonyl (C=O) groups excluding carboxylic acids is 2. The van der Waals surface area contributed by atoms with Crippen molar-refractivity contribution in [1.29, 1.82) is 0 Å². The molecule has 1 aromatic rings. The molecular weight excluding hydrogens is 504 g/mol. The van der Waals surface area contributed by atoms with E-state index in [9.17, 15) is 9.59 Å². The van der Waals surface area contributed by atoms with Gasteiger partial charge in [0.05, 0.1) is 0 Å². The Hall–Kier alpha value is -2.13. The molecule has 212 valence electrons. The molecule has 7 nitrogen and oxygen atoms in total. The molecule has 2 rings (SSSR count). The van der Waals surface area contributed by atoms with Gasteiger partial charge in [0.2, 0.25) is 0 Å². The highest BCUT2D eigenvalue weighted by Crippen LogP contribution is 2.37. The topological polar surface area (TPSA) is 80.3 Å². The van der Waals surface area contributed by atoms with Gasteiger partial charge in [-0.05, 0) is 37.8 Å². The van der Waals surface area contributed by atoms with Crippen LogP contribution in [0.5, 0.6) is 0 Å². The van der Waals surface area contributed by atoms with Gasteiger partial charge < -0.3 is 23.7 Å². The maximum Gasteiger partial charge on any atom is 0.306 e. The van der Waals surface area contributed by atoms with E-state index >= 15 is 0 Å². The minimum absolute atomic E-state index is 0.0590. The fraction of sp³-hybridized carbons (Fsp3) is 0.600. The third kappa shape index (κ3) is 11.3. The Morgan fingerprint density at radius 2 is 1.50 bits per heavy atom. The molecule has 0 aliphatic carbocycles. The number of rotatable bonds is 19. The molecule has 8 heteroatoms. The Bertz CT molecular complexity index is 831. The number of esters is 2. The van der Waals surface area contributed by atoms with Crippen molar-refractivity contribution in [1.82, 2.24) is 0 Å². The molecule has 1 heterocycles. The van der Waals surface area contributed by atoms with Gasteiger partial charge in [-0.15, -0.1) is 13.2 Å². The number of ether oxygens (including phenoxy) is 5. The second-order valence-electron chi connectivity index (χ2n) is 9.14. The minimum Gasteiger partial charge on any atom is -0.463 e. The van der Waals surface area contributed by atoms with E-state index in [1.54, 1.807) is 12.2 Å². The van der Waals surface area contributed by atoms with Gasteiger partial charge in [-0.3, -0.25) is 9.59 Å². The largest absolute Gasteiger partial charge is 0.463 e. The molecule has 1 saturated heterocycles. The highest BCUT2D eigenvalue weighted by Gasteiger charge is 2.50. The highest BCUT2D eigenvalue weighted by atomic mass is 32.2. The third-order valence-electron chi connectivity index (χ3n) is 5.98. The Kier molecular flexibility index (Phi) is 16.1. The van der Waals surface area contributed by atoms with Gasteiger partial charge in [-0.1, -0.05) is 68.8 Å². The summed E-state index contributed by atoms with van der Waals surface area (Å²) in [7, 11) is 0. The van der Waals surface area contributed by atoms with Crippen LogP contribution in [0.4, 0.5) is 0 Å². The lowest BCUT2D eigenvalue weighted by Gasteiger charge is -2.45. The Labute approximate surface area is 232 Å². The van der Waals surface area contributed by atoms with E-state index in [4.69, 9.17) is 23.7 Å². The quantitative estimate of drug-likeness (QED) is 0.114. The summed E-state index contributed by atoms with van der Waals surface area (Å²) in [4.78, 5) is 26.1. The summed E-state index contributed by atoms with van der Waals surface area (Å²) in [6.45, 7) is 12.5. The Morgan fingerprint density at radius 1 is 0.895 bits per heavy atom. The lowest BCUT2D eigenvalue weighted by atomic mass is 9.99. The molecule has 1 fully saturated rings. The number of unbranched alkanes of at least 4 members (excludes halogenated alkanes) is 2. The van der Waals surface area contributed by atoms with Crippen molar-refractivity contribution >= 4 is 23.7 Å². The minimum atomic E-state index is -0.796. The molecular formula is C30H44O7S. The van der Waals surface area contributed by atoms with Gasteiger partial charge in [0.1, 0.15) is 30.4 Å². The molecule has 1 aromatic carbocycles. The van der Waals surface area contributed by atoms with E-state index in [1.807, 2.05) is 30.3 Å². The summed E-state index contributed by atoms with van der Waals surface area (Å²) in [6, 6.07) is 9.92. The lowest BCUT2D eigenvalue weighted by Crippen LogP contribution is -2.61. The summed E-state index contributed by atoms with van der Waals surface area (Å²) in [5, 5.41) is 0. The maximum absolute atomic E-state index is 12.8. The first-order chi connectivity index (χ1) is 18.5. The third-order valence-corrected chi connectivity index (χ3v) is 7.14. The number of hydrogen-bond acceptors (Lipinski definition) is 8. The fourth-order valence-electron chi connectivity index (χ4n) is 3.87. The van der Waals surface area contributed by atoms with E-state index in [-0.39, 0.29) is 31.4 Å². The number of carbonyl (C=O) groups is 2. The van der Waals surface area contributed by atoms with Crippen molar-refractivity contribution in [3.8, 4) is 0 Å². The molecule has 0 unspecified atom stereocenters. The van der Waals surface area contributed by atoms with Crippen molar-refractivity contribution < 1.29 is 33.3 Å². The van der Waals surface area contributed by atoms with Crippen LogP contribution in [-0.2, 0) is 33.3 Å². The molecule has 1 aliphatic heterocycles. The average molecular weight is 549 g/mol. The zero-order valence-corrected chi connectivity index (χ0v) is 23.7. The van der Waals surface area contributed by atoms with E-state index in [0.717, 1.165) is 30.6 Å². The van der Waals surface area contributed by atoms with Gasteiger partial charge >= 0.3 is 11.9 Å². The van der Waals surface area contributed by atoms with Gasteiger partial charge in [0.15, 0.2) is 6.10 Å². The van der Waals surface area contributed by atoms with Crippen LogP contribution >= 0.6 is 11.8 Å². The van der Waals surface area contributed by atoms with Crippen molar-refractivity contribution in [2.45, 2.75) is 100.0 Å². The van der Waals surface area contributed by atoms with Gasteiger partial charge in [-0.25, -0.2) is 0 Å². The number of allylic oxidation sites excluding steroid dienone is 2. The van der Waals surface area contributed by atoms with Crippen LogP contribution in [0.15, 0.2) is 60.5 Å². The van der Waals surface area contributed by atoms with Crippen molar-refractivity contribution in [2.75, 3.05) is 19.8 Å². The van der Waals surface area contributed by atoms with E-state index in [0.29, 0.717) is 26.1 Å². The maximum atomic E-state index is 12.8. The number of hydrogen-bond donors (Lipinski definition) is 0. The molecule has 1 aliphatic rings. The summed E-state index contributed by atoms with van der Waals surface area (Å²) < 4.78 is 30.8. The van der Waals surface area contributed by atoms with Crippen molar-refractivity contribution in [2.24, 2.45) is 0 Å². The molecule has 0 spiro atoms. The molecule has 38 heavy (non-hydrogen) atoms. The predicted molar refractivity (Wildman–Crippen MR) is 150 cm³/mol. The van der Waals surface area contributed by atoms with Crippen molar-refractivity contribution in [3.05, 3.63) is 55.6 Å². The fourth-order valence-corrected chi connectivity index (χ4v) is 5.02. The van der Waals surface area contributed by atoms with Crippen molar-refractivity contribution in [3.63, 3.8) is 0 Å². The molecule has 0 N–H and O–H groups in total. The van der Waals surface area contributed by atoms with Crippen LogP contribution < -0.4 is 0 Å². The smallest absolute Gasteiger partial charge is 0.306 e. The molecule has 0 radical (unpaired) electrons. The van der Waals surface area contributed by atoms with Gasteiger partial charge in [0, 0.05) is 31.0 Å². The number of benzene rings is 1. The van der Waals surface area contributed by atoms with Crippen LogP contribution in [0.1, 0.15) is 65.2 Å². The molecule has 0 bridgehead atoms. The molecule has 0 aromatic heterocycles. The van der Waals surface area contributed by atoms with E-state index < -0.39 is 29.9 Å². The summed E-state index contributed by atoms with van der Waals surface area (Å²) in [5.74, 6) is -0.741. The molecule has 5 atom stereocenters. The zero-order valence-electron chi connectivity index (χ0n) is 22.9. The Morgan fingerprint density at radius 3 is 2.11 bits per heavy atom. The highest BCUT2D eigenvalue weighted by molar-refractivity contribution is 7.99. The van der Waals surface area contributed by atoms with E-state index in [1.165, 1.54) is 11.8 Å². The first kappa shape index (κ1) is 32.1. The normalized spacial score (nSPS) is 22.9. The second kappa shape index (κ2) is 19.0. The molecule has 0 saturated carbocycles. The first-order valence-electron chi connectivity index (χ1n) is 13.7. The van der Waals surface area contributed by atoms with Crippen LogP contribution in [-0.4, -0.2) is 61.6 Å². The van der Waals surface area contributed by atoms with E-state index in [2.05, 4.69) is 27.0 Å². The average Bonchev–Trinajstić information content (AvgIpc) is 2.92. The first-order valence-corrected chi connectivity index (χ1v) is 14.6. The van der Waals surface area contributed by atoms with Crippen LogP contribution in [0.25, 0.3) is 0 Å². The zero-order chi connectivity index (χ0) is 27.6.